The fourth-order valence-electron chi connectivity index (χ4n) is 3.12. The molecule has 0 bridgehead atoms. The molecule has 0 aliphatic carbocycles. The van der Waals surface area contributed by atoms with Gasteiger partial charge in [-0.1, -0.05) is 23.4 Å². The lowest BCUT2D eigenvalue weighted by atomic mass is 10.0. The SMILES string of the molecule is O=C(Cn1ccc2ccccc21)NCc1nc(C2CCSCC2)no1. The van der Waals surface area contributed by atoms with Crippen molar-refractivity contribution in [2.45, 2.75) is 31.8 Å². The van der Waals surface area contributed by atoms with Crippen LogP contribution < -0.4 is 5.32 Å². The first-order valence-corrected chi connectivity index (χ1v) is 9.66. The molecule has 0 atom stereocenters. The van der Waals surface area contributed by atoms with Crippen LogP contribution in [-0.2, 0) is 17.9 Å². The van der Waals surface area contributed by atoms with Gasteiger partial charge in [0.15, 0.2) is 5.82 Å². The van der Waals surface area contributed by atoms with Gasteiger partial charge in [-0.25, -0.2) is 0 Å². The number of para-hydroxylation sites is 1. The molecule has 1 amide bonds. The van der Waals surface area contributed by atoms with Crippen molar-refractivity contribution in [2.75, 3.05) is 11.5 Å². The second-order valence-electron chi connectivity index (χ2n) is 6.21. The average molecular weight is 356 g/mol. The van der Waals surface area contributed by atoms with E-state index < -0.39 is 0 Å². The molecule has 3 heterocycles. The molecule has 25 heavy (non-hydrogen) atoms. The van der Waals surface area contributed by atoms with Crippen molar-refractivity contribution in [2.24, 2.45) is 0 Å². The predicted octanol–water partition coefficient (Wildman–Crippen LogP) is 2.95. The Kier molecular flexibility index (Phi) is 4.74. The first-order valence-electron chi connectivity index (χ1n) is 8.50. The molecule has 1 aliphatic heterocycles. The number of nitrogens with zero attached hydrogens (tertiary/aromatic N) is 3. The van der Waals surface area contributed by atoms with E-state index in [1.54, 1.807) is 0 Å². The lowest BCUT2D eigenvalue weighted by Crippen LogP contribution is -2.27. The molecule has 3 aromatic rings. The predicted molar refractivity (Wildman–Crippen MR) is 97.4 cm³/mol. The van der Waals surface area contributed by atoms with Crippen LogP contribution in [0.5, 0.6) is 0 Å². The molecule has 2 aromatic heterocycles. The van der Waals surface area contributed by atoms with E-state index in [9.17, 15) is 4.79 Å². The van der Waals surface area contributed by atoms with Crippen molar-refractivity contribution >= 4 is 28.6 Å². The second-order valence-corrected chi connectivity index (χ2v) is 7.44. The zero-order valence-electron chi connectivity index (χ0n) is 13.9. The van der Waals surface area contributed by atoms with Crippen LogP contribution in [0.1, 0.15) is 30.5 Å². The van der Waals surface area contributed by atoms with Gasteiger partial charge in [0.1, 0.15) is 6.54 Å². The number of amides is 1. The van der Waals surface area contributed by atoms with Gasteiger partial charge < -0.3 is 14.4 Å². The summed E-state index contributed by atoms with van der Waals surface area (Å²) in [7, 11) is 0. The molecule has 1 aromatic carbocycles. The zero-order valence-corrected chi connectivity index (χ0v) is 14.7. The van der Waals surface area contributed by atoms with E-state index in [-0.39, 0.29) is 19.0 Å². The van der Waals surface area contributed by atoms with Crippen molar-refractivity contribution in [3.05, 3.63) is 48.2 Å². The largest absolute Gasteiger partial charge is 0.345 e. The molecular formula is C18H20N4O2S. The summed E-state index contributed by atoms with van der Waals surface area (Å²) in [5.41, 5.74) is 1.05. The van der Waals surface area contributed by atoms with Crippen LogP contribution >= 0.6 is 11.8 Å². The van der Waals surface area contributed by atoms with E-state index in [1.165, 1.54) is 0 Å². The highest BCUT2D eigenvalue weighted by atomic mass is 32.2. The Labute approximate surface area is 150 Å². The van der Waals surface area contributed by atoms with E-state index in [0.29, 0.717) is 11.8 Å². The van der Waals surface area contributed by atoms with Crippen LogP contribution in [0, 0.1) is 0 Å². The van der Waals surface area contributed by atoms with Crippen LogP contribution in [0.15, 0.2) is 41.1 Å². The maximum absolute atomic E-state index is 12.2. The minimum atomic E-state index is -0.0739. The Morgan fingerprint density at radius 3 is 3.00 bits per heavy atom. The number of aromatic nitrogens is 3. The van der Waals surface area contributed by atoms with Crippen LogP contribution in [0.25, 0.3) is 10.9 Å². The van der Waals surface area contributed by atoms with Gasteiger partial charge in [-0.3, -0.25) is 4.79 Å². The number of carbonyl (C=O) groups excluding carboxylic acids is 1. The number of hydrogen-bond donors (Lipinski definition) is 1. The van der Waals surface area contributed by atoms with E-state index >= 15 is 0 Å². The third kappa shape index (κ3) is 3.71. The highest BCUT2D eigenvalue weighted by molar-refractivity contribution is 7.99. The minimum absolute atomic E-state index is 0.0739. The number of carbonyl (C=O) groups is 1. The van der Waals surface area contributed by atoms with E-state index in [4.69, 9.17) is 4.52 Å². The third-order valence-corrected chi connectivity index (χ3v) is 5.55. The molecule has 7 heteroatoms. The van der Waals surface area contributed by atoms with Crippen molar-refractivity contribution < 1.29 is 9.32 Å². The van der Waals surface area contributed by atoms with E-state index in [0.717, 1.165) is 41.1 Å². The van der Waals surface area contributed by atoms with Gasteiger partial charge in [0.05, 0.1) is 6.54 Å². The zero-order chi connectivity index (χ0) is 17.1. The molecule has 6 nitrogen and oxygen atoms in total. The summed E-state index contributed by atoms with van der Waals surface area (Å²) in [5.74, 6) is 3.86. The molecule has 1 N–H and O–H groups in total. The normalized spacial score (nSPS) is 15.5. The van der Waals surface area contributed by atoms with Gasteiger partial charge in [0.25, 0.3) is 0 Å². The summed E-state index contributed by atoms with van der Waals surface area (Å²) in [6, 6.07) is 10.0. The van der Waals surface area contributed by atoms with E-state index in [2.05, 4.69) is 15.5 Å². The molecule has 1 saturated heterocycles. The van der Waals surface area contributed by atoms with Crippen molar-refractivity contribution in [3.63, 3.8) is 0 Å². The van der Waals surface area contributed by atoms with Crippen molar-refractivity contribution in [3.8, 4) is 0 Å². The minimum Gasteiger partial charge on any atom is -0.345 e. The molecule has 0 unspecified atom stereocenters. The standard InChI is InChI=1S/C18H20N4O2S/c23-16(12-22-8-5-13-3-1-2-4-15(13)22)19-11-17-20-18(21-24-17)14-6-9-25-10-7-14/h1-5,8,14H,6-7,9-12H2,(H,19,23). The van der Waals surface area contributed by atoms with Gasteiger partial charge in [-0.15, -0.1) is 0 Å². The number of fused-ring (bicyclic) bond motifs is 1. The fraction of sp³-hybridized carbons (Fsp3) is 0.389. The lowest BCUT2D eigenvalue weighted by molar-refractivity contribution is -0.121. The van der Waals surface area contributed by atoms with Gasteiger partial charge in [0.2, 0.25) is 11.8 Å². The summed E-state index contributed by atoms with van der Waals surface area (Å²) in [6.07, 6.45) is 4.11. The monoisotopic (exact) mass is 356 g/mol. The van der Waals surface area contributed by atoms with Gasteiger partial charge in [-0.05, 0) is 41.9 Å². The van der Waals surface area contributed by atoms with E-state index in [1.807, 2.05) is 52.9 Å². The van der Waals surface area contributed by atoms with Crippen LogP contribution in [0.4, 0.5) is 0 Å². The number of nitrogens with one attached hydrogen (secondary N) is 1. The maximum atomic E-state index is 12.2. The topological polar surface area (TPSA) is 73.0 Å². The summed E-state index contributed by atoms with van der Waals surface area (Å²) in [6.45, 7) is 0.543. The Balaban J connectivity index is 1.33. The molecule has 1 aliphatic rings. The molecule has 0 saturated carbocycles. The van der Waals surface area contributed by atoms with Gasteiger partial charge >= 0.3 is 0 Å². The highest BCUT2D eigenvalue weighted by Gasteiger charge is 2.21. The molecule has 4 rings (SSSR count). The number of rotatable bonds is 5. The van der Waals surface area contributed by atoms with Gasteiger partial charge in [-0.2, -0.15) is 16.7 Å². The first-order chi connectivity index (χ1) is 12.3. The lowest BCUT2D eigenvalue weighted by Gasteiger charge is -2.17. The van der Waals surface area contributed by atoms with Crippen LogP contribution in [0.2, 0.25) is 0 Å². The highest BCUT2D eigenvalue weighted by Crippen LogP contribution is 2.29. The second kappa shape index (κ2) is 7.31. The quantitative estimate of drug-likeness (QED) is 0.761. The third-order valence-electron chi connectivity index (χ3n) is 4.50. The van der Waals surface area contributed by atoms with Crippen LogP contribution in [0.3, 0.4) is 0 Å². The Bertz CT molecular complexity index is 867. The average Bonchev–Trinajstić information content (AvgIpc) is 3.28. The molecule has 130 valence electrons. The summed E-state index contributed by atoms with van der Waals surface area (Å²) in [4.78, 5) is 16.7. The number of hydrogen-bond acceptors (Lipinski definition) is 5. The van der Waals surface area contributed by atoms with Gasteiger partial charge in [0, 0.05) is 17.6 Å². The fourth-order valence-corrected chi connectivity index (χ4v) is 4.23. The first kappa shape index (κ1) is 16.2. The molecule has 0 spiro atoms. The molecule has 1 fully saturated rings. The molecule has 0 radical (unpaired) electrons. The Morgan fingerprint density at radius 2 is 2.12 bits per heavy atom. The maximum Gasteiger partial charge on any atom is 0.246 e. The number of thioether (sulfide) groups is 1. The molecular weight excluding hydrogens is 336 g/mol. The summed E-state index contributed by atoms with van der Waals surface area (Å²) in [5, 5.41) is 8.07. The van der Waals surface area contributed by atoms with Crippen molar-refractivity contribution in [1.29, 1.82) is 0 Å². The Morgan fingerprint density at radius 1 is 1.28 bits per heavy atom. The smallest absolute Gasteiger partial charge is 0.246 e. The summed E-state index contributed by atoms with van der Waals surface area (Å²) < 4.78 is 7.22. The van der Waals surface area contributed by atoms with Crippen molar-refractivity contribution in [1.82, 2.24) is 20.0 Å². The summed E-state index contributed by atoms with van der Waals surface area (Å²) >= 11 is 1.97. The number of benzene rings is 1. The Hall–Kier alpha value is -2.28. The van der Waals surface area contributed by atoms with Crippen LogP contribution in [-0.4, -0.2) is 32.1 Å².